The fourth-order valence-electron chi connectivity index (χ4n) is 3.10. The van der Waals surface area contributed by atoms with Gasteiger partial charge in [-0.25, -0.2) is 0 Å². The van der Waals surface area contributed by atoms with Gasteiger partial charge in [0.05, 0.1) is 18.4 Å². The maximum Gasteiger partial charge on any atom is 0.312 e. The molecular formula is C21H24N2O6. The Labute approximate surface area is 167 Å². The predicted molar refractivity (Wildman–Crippen MR) is 107 cm³/mol. The van der Waals surface area contributed by atoms with Gasteiger partial charge in [-0.15, -0.1) is 0 Å². The van der Waals surface area contributed by atoms with E-state index < -0.39 is 5.97 Å². The molecule has 0 bridgehead atoms. The molecule has 0 aliphatic rings. The number of nitrogens with zero attached hydrogens (tertiary/aromatic N) is 1. The highest BCUT2D eigenvalue weighted by molar-refractivity contribution is 6.07. The molecule has 1 aromatic heterocycles. The maximum absolute atomic E-state index is 11.8. The third-order valence-electron chi connectivity index (χ3n) is 4.40. The van der Waals surface area contributed by atoms with Crippen LogP contribution in [0, 0.1) is 0 Å². The van der Waals surface area contributed by atoms with Crippen LogP contribution in [0.5, 0.6) is 5.75 Å². The molecule has 8 nitrogen and oxygen atoms in total. The quantitative estimate of drug-likeness (QED) is 0.373. The number of fused-ring (bicyclic) bond motifs is 3. The van der Waals surface area contributed by atoms with Gasteiger partial charge in [0.15, 0.2) is 5.58 Å². The van der Waals surface area contributed by atoms with E-state index in [-0.39, 0.29) is 18.8 Å². The Bertz CT molecular complexity index is 997. The van der Waals surface area contributed by atoms with Gasteiger partial charge < -0.3 is 24.4 Å². The summed E-state index contributed by atoms with van der Waals surface area (Å²) in [6.45, 7) is 3.84. The number of benzene rings is 2. The summed E-state index contributed by atoms with van der Waals surface area (Å²) in [5.41, 5.74) is 1.18. The number of aliphatic carboxylic acids is 1. The Kier molecular flexibility index (Phi) is 7.02. The molecular weight excluding hydrogens is 376 g/mol. The van der Waals surface area contributed by atoms with Crippen molar-refractivity contribution >= 4 is 33.7 Å². The lowest BCUT2D eigenvalue weighted by Crippen LogP contribution is -2.22. The fraction of sp³-hybridized carbons (Fsp3) is 0.381. The molecule has 0 spiro atoms. The largest absolute Gasteiger partial charge is 0.492 e. The topological polar surface area (TPSA) is 111 Å². The summed E-state index contributed by atoms with van der Waals surface area (Å²) in [7, 11) is 0. The zero-order valence-electron chi connectivity index (χ0n) is 16.3. The van der Waals surface area contributed by atoms with Crippen LogP contribution in [0.2, 0.25) is 0 Å². The van der Waals surface area contributed by atoms with Crippen LogP contribution in [0.25, 0.3) is 21.7 Å². The van der Waals surface area contributed by atoms with E-state index in [1.54, 1.807) is 6.92 Å². The number of esters is 1. The Morgan fingerprint density at radius 3 is 2.86 bits per heavy atom. The van der Waals surface area contributed by atoms with Crippen LogP contribution >= 0.6 is 0 Å². The van der Waals surface area contributed by atoms with E-state index in [2.05, 4.69) is 10.5 Å². The van der Waals surface area contributed by atoms with Crippen molar-refractivity contribution in [3.05, 3.63) is 36.0 Å². The lowest BCUT2D eigenvalue weighted by Gasteiger charge is -2.09. The monoisotopic (exact) mass is 400 g/mol. The third kappa shape index (κ3) is 5.45. The molecule has 0 saturated carbocycles. The van der Waals surface area contributed by atoms with Crippen molar-refractivity contribution in [2.45, 2.75) is 26.2 Å². The first-order chi connectivity index (χ1) is 14.1. The van der Waals surface area contributed by atoms with Crippen LogP contribution in [0.4, 0.5) is 0 Å². The minimum absolute atomic E-state index is 0.0613. The smallest absolute Gasteiger partial charge is 0.312 e. The Balaban J connectivity index is 1.65. The molecule has 8 heteroatoms. The summed E-state index contributed by atoms with van der Waals surface area (Å²) in [6, 6.07) is 9.48. The van der Waals surface area contributed by atoms with E-state index in [9.17, 15) is 9.59 Å². The number of nitrogens with one attached hydrogen (secondary N) is 1. The van der Waals surface area contributed by atoms with Crippen molar-refractivity contribution < 1.29 is 28.7 Å². The number of hydrogen-bond donors (Lipinski definition) is 2. The molecule has 154 valence electrons. The van der Waals surface area contributed by atoms with Gasteiger partial charge in [0.1, 0.15) is 18.1 Å². The Morgan fingerprint density at radius 1 is 1.21 bits per heavy atom. The van der Waals surface area contributed by atoms with E-state index in [0.29, 0.717) is 44.0 Å². The summed E-state index contributed by atoms with van der Waals surface area (Å²) in [5, 5.41) is 18.5. The summed E-state index contributed by atoms with van der Waals surface area (Å²) in [4.78, 5) is 22.3. The van der Waals surface area contributed by atoms with Gasteiger partial charge in [-0.05, 0) is 54.9 Å². The van der Waals surface area contributed by atoms with Gasteiger partial charge in [-0.2, -0.15) is 0 Å². The van der Waals surface area contributed by atoms with Crippen molar-refractivity contribution in [3.8, 4) is 5.75 Å². The standard InChI is InChI=1S/C21H24N2O6/c1-2-27-20(26)13-17-21-16-7-6-15(12-14(16)5-8-18(21)29-23-17)28-11-10-22-9-3-4-19(24)25/h5-8,12,22H,2-4,9-11,13H2,1H3,(H,24,25). The van der Waals surface area contributed by atoms with Crippen LogP contribution < -0.4 is 10.1 Å². The number of carboxylic acids is 1. The average molecular weight is 400 g/mol. The molecule has 29 heavy (non-hydrogen) atoms. The van der Waals surface area contributed by atoms with Gasteiger partial charge in [-0.1, -0.05) is 11.2 Å². The van der Waals surface area contributed by atoms with Gasteiger partial charge in [-0.3, -0.25) is 9.59 Å². The molecule has 0 aliphatic carbocycles. The highest BCUT2D eigenvalue weighted by Gasteiger charge is 2.16. The molecule has 3 rings (SSSR count). The SMILES string of the molecule is CCOC(=O)Cc1noc2ccc3cc(OCCNCCCC(=O)O)ccc3c12. The van der Waals surface area contributed by atoms with Gasteiger partial charge in [0.25, 0.3) is 0 Å². The molecule has 0 atom stereocenters. The summed E-state index contributed by atoms with van der Waals surface area (Å²) in [6.07, 6.45) is 0.813. The van der Waals surface area contributed by atoms with Crippen LogP contribution in [-0.2, 0) is 20.7 Å². The van der Waals surface area contributed by atoms with Crippen molar-refractivity contribution in [2.75, 3.05) is 26.3 Å². The lowest BCUT2D eigenvalue weighted by molar-refractivity contribution is -0.142. The summed E-state index contributed by atoms with van der Waals surface area (Å²) >= 11 is 0. The molecule has 0 aliphatic heterocycles. The number of hydrogen-bond acceptors (Lipinski definition) is 7. The van der Waals surface area contributed by atoms with Gasteiger partial charge in [0, 0.05) is 13.0 Å². The number of ether oxygens (including phenoxy) is 2. The highest BCUT2D eigenvalue weighted by Crippen LogP contribution is 2.31. The van der Waals surface area contributed by atoms with E-state index >= 15 is 0 Å². The molecule has 0 radical (unpaired) electrons. The van der Waals surface area contributed by atoms with E-state index in [0.717, 1.165) is 21.9 Å². The van der Waals surface area contributed by atoms with Crippen molar-refractivity contribution in [1.29, 1.82) is 0 Å². The first kappa shape index (κ1) is 20.6. The number of aromatic nitrogens is 1. The Hall–Kier alpha value is -3.13. The fourth-order valence-corrected chi connectivity index (χ4v) is 3.10. The van der Waals surface area contributed by atoms with E-state index in [1.165, 1.54) is 0 Å². The minimum Gasteiger partial charge on any atom is -0.492 e. The zero-order valence-corrected chi connectivity index (χ0v) is 16.3. The second-order valence-electron chi connectivity index (χ2n) is 6.53. The second kappa shape index (κ2) is 9.88. The molecule has 1 heterocycles. The van der Waals surface area contributed by atoms with Gasteiger partial charge >= 0.3 is 11.9 Å². The number of carbonyl (C=O) groups is 2. The number of rotatable bonds is 11. The lowest BCUT2D eigenvalue weighted by atomic mass is 10.0. The molecule has 0 unspecified atom stereocenters. The Morgan fingerprint density at radius 2 is 2.07 bits per heavy atom. The molecule has 2 N–H and O–H groups in total. The van der Waals surface area contributed by atoms with E-state index in [4.69, 9.17) is 19.1 Å². The molecule has 0 fully saturated rings. The molecule has 2 aromatic carbocycles. The van der Waals surface area contributed by atoms with Crippen molar-refractivity contribution in [3.63, 3.8) is 0 Å². The first-order valence-electron chi connectivity index (χ1n) is 9.60. The van der Waals surface area contributed by atoms with Crippen LogP contribution in [0.15, 0.2) is 34.9 Å². The third-order valence-corrected chi connectivity index (χ3v) is 4.40. The van der Waals surface area contributed by atoms with Crippen molar-refractivity contribution in [1.82, 2.24) is 10.5 Å². The van der Waals surface area contributed by atoms with Crippen LogP contribution in [0.1, 0.15) is 25.5 Å². The van der Waals surface area contributed by atoms with E-state index in [1.807, 2.05) is 30.3 Å². The molecule has 0 saturated heterocycles. The highest BCUT2D eigenvalue weighted by atomic mass is 16.5. The number of carboxylic acid groups (broad SMARTS) is 1. The zero-order chi connectivity index (χ0) is 20.6. The van der Waals surface area contributed by atoms with Crippen LogP contribution in [0.3, 0.4) is 0 Å². The predicted octanol–water partition coefficient (Wildman–Crippen LogP) is 2.92. The van der Waals surface area contributed by atoms with Gasteiger partial charge in [0.2, 0.25) is 0 Å². The first-order valence-corrected chi connectivity index (χ1v) is 9.60. The molecule has 0 amide bonds. The second-order valence-corrected chi connectivity index (χ2v) is 6.53. The summed E-state index contributed by atoms with van der Waals surface area (Å²) < 4.78 is 16.1. The van der Waals surface area contributed by atoms with Crippen LogP contribution in [-0.4, -0.2) is 48.5 Å². The summed E-state index contributed by atoms with van der Waals surface area (Å²) in [5.74, 6) is -0.394. The normalized spacial score (nSPS) is 11.1. The van der Waals surface area contributed by atoms with Crippen molar-refractivity contribution in [2.24, 2.45) is 0 Å². The molecule has 3 aromatic rings. The average Bonchev–Trinajstić information content (AvgIpc) is 3.10. The number of carbonyl (C=O) groups excluding carboxylic acids is 1. The minimum atomic E-state index is -0.786. The maximum atomic E-state index is 11.8.